The molecule has 1 aliphatic rings. The molecular formula is C16H21N7O. The monoisotopic (exact) mass is 327 g/mol. The molecule has 3 aromatic rings. The SMILES string of the molecule is Cc1nc(CN2CCN(c3ccc4nncn4n3)C(C)C2)oc1C. The summed E-state index contributed by atoms with van der Waals surface area (Å²) in [5, 5.41) is 12.5. The molecule has 0 bridgehead atoms. The van der Waals surface area contributed by atoms with E-state index in [1.165, 1.54) is 0 Å². The molecule has 0 radical (unpaired) electrons. The zero-order valence-electron chi connectivity index (χ0n) is 14.2. The van der Waals surface area contributed by atoms with Gasteiger partial charge in [-0.25, -0.2) is 4.98 Å². The first-order valence-electron chi connectivity index (χ1n) is 8.19. The molecular weight excluding hydrogens is 306 g/mol. The van der Waals surface area contributed by atoms with Gasteiger partial charge in [0.1, 0.15) is 17.9 Å². The van der Waals surface area contributed by atoms with E-state index in [1.54, 1.807) is 10.8 Å². The first kappa shape index (κ1) is 15.1. The third-order valence-electron chi connectivity index (χ3n) is 4.59. The highest BCUT2D eigenvalue weighted by Crippen LogP contribution is 2.20. The molecule has 4 heterocycles. The highest BCUT2D eigenvalue weighted by molar-refractivity contribution is 5.46. The van der Waals surface area contributed by atoms with Gasteiger partial charge >= 0.3 is 0 Å². The zero-order valence-corrected chi connectivity index (χ0v) is 14.2. The highest BCUT2D eigenvalue weighted by atomic mass is 16.4. The maximum atomic E-state index is 5.71. The van der Waals surface area contributed by atoms with Crippen molar-refractivity contribution >= 4 is 11.5 Å². The Balaban J connectivity index is 1.45. The van der Waals surface area contributed by atoms with Gasteiger partial charge in [-0.3, -0.25) is 4.90 Å². The summed E-state index contributed by atoms with van der Waals surface area (Å²) in [6.07, 6.45) is 1.63. The highest BCUT2D eigenvalue weighted by Gasteiger charge is 2.26. The lowest BCUT2D eigenvalue weighted by Gasteiger charge is -2.40. The Morgan fingerprint density at radius 3 is 2.88 bits per heavy atom. The fraction of sp³-hybridized carbons (Fsp3) is 0.500. The number of hydrogen-bond acceptors (Lipinski definition) is 7. The maximum Gasteiger partial charge on any atom is 0.208 e. The van der Waals surface area contributed by atoms with Crippen LogP contribution in [0.1, 0.15) is 24.3 Å². The summed E-state index contributed by atoms with van der Waals surface area (Å²) < 4.78 is 7.42. The van der Waals surface area contributed by atoms with E-state index in [9.17, 15) is 0 Å². The minimum absolute atomic E-state index is 0.359. The second kappa shape index (κ2) is 5.86. The van der Waals surface area contributed by atoms with E-state index in [0.29, 0.717) is 6.04 Å². The first-order valence-corrected chi connectivity index (χ1v) is 8.19. The summed E-state index contributed by atoms with van der Waals surface area (Å²) in [4.78, 5) is 9.18. The average Bonchev–Trinajstić information content (AvgIpc) is 3.13. The lowest BCUT2D eigenvalue weighted by atomic mass is 10.2. The largest absolute Gasteiger partial charge is 0.444 e. The van der Waals surface area contributed by atoms with Crippen molar-refractivity contribution in [3.63, 3.8) is 0 Å². The summed E-state index contributed by atoms with van der Waals surface area (Å²) in [6, 6.07) is 4.32. The number of fused-ring (bicyclic) bond motifs is 1. The summed E-state index contributed by atoms with van der Waals surface area (Å²) in [6.45, 7) is 9.73. The van der Waals surface area contributed by atoms with Crippen molar-refractivity contribution in [3.05, 3.63) is 35.8 Å². The summed E-state index contributed by atoms with van der Waals surface area (Å²) >= 11 is 0. The molecule has 0 N–H and O–H groups in total. The topological polar surface area (TPSA) is 75.6 Å². The molecule has 3 aromatic heterocycles. The summed E-state index contributed by atoms with van der Waals surface area (Å²) in [5.41, 5.74) is 1.74. The third kappa shape index (κ3) is 2.73. The summed E-state index contributed by atoms with van der Waals surface area (Å²) in [7, 11) is 0. The van der Waals surface area contributed by atoms with Crippen molar-refractivity contribution < 1.29 is 4.42 Å². The van der Waals surface area contributed by atoms with E-state index >= 15 is 0 Å². The lowest BCUT2D eigenvalue weighted by Crippen LogP contribution is -2.52. The number of aromatic nitrogens is 5. The number of piperazine rings is 1. The van der Waals surface area contributed by atoms with Crippen LogP contribution in [0.4, 0.5) is 5.82 Å². The second-order valence-electron chi connectivity index (χ2n) is 6.35. The van der Waals surface area contributed by atoms with Crippen LogP contribution in [0.2, 0.25) is 0 Å². The van der Waals surface area contributed by atoms with Gasteiger partial charge in [0.05, 0.1) is 12.2 Å². The van der Waals surface area contributed by atoms with Crippen molar-refractivity contribution in [1.29, 1.82) is 0 Å². The maximum absolute atomic E-state index is 5.71. The van der Waals surface area contributed by atoms with Gasteiger partial charge in [-0.2, -0.15) is 4.52 Å². The Kier molecular flexibility index (Phi) is 3.68. The van der Waals surface area contributed by atoms with E-state index < -0.39 is 0 Å². The van der Waals surface area contributed by atoms with Gasteiger partial charge in [0.2, 0.25) is 5.89 Å². The van der Waals surface area contributed by atoms with E-state index in [-0.39, 0.29) is 0 Å². The van der Waals surface area contributed by atoms with Gasteiger partial charge in [-0.15, -0.1) is 15.3 Å². The molecule has 8 heteroatoms. The standard InChI is InChI=1S/C16H21N7O/c1-11-8-21(9-16-18-12(2)13(3)24-16)6-7-22(11)15-5-4-14-19-17-10-23(14)20-15/h4-5,10-11H,6-9H2,1-3H3. The Labute approximate surface area is 140 Å². The minimum atomic E-state index is 0.359. The van der Waals surface area contributed by atoms with Gasteiger partial charge in [-0.1, -0.05) is 0 Å². The van der Waals surface area contributed by atoms with Crippen LogP contribution >= 0.6 is 0 Å². The molecule has 0 aromatic carbocycles. The van der Waals surface area contributed by atoms with Crippen LogP contribution in [0.25, 0.3) is 5.65 Å². The molecule has 1 aliphatic heterocycles. The van der Waals surface area contributed by atoms with Crippen LogP contribution in [0.15, 0.2) is 22.9 Å². The van der Waals surface area contributed by atoms with Gasteiger partial charge in [0.25, 0.3) is 0 Å². The Morgan fingerprint density at radius 2 is 2.12 bits per heavy atom. The van der Waals surface area contributed by atoms with Crippen LogP contribution in [0.3, 0.4) is 0 Å². The number of hydrogen-bond donors (Lipinski definition) is 0. The van der Waals surface area contributed by atoms with Crippen LogP contribution in [-0.2, 0) is 6.54 Å². The number of rotatable bonds is 3. The number of aryl methyl sites for hydroxylation is 2. The van der Waals surface area contributed by atoms with Gasteiger partial charge < -0.3 is 9.32 Å². The molecule has 126 valence electrons. The average molecular weight is 327 g/mol. The quantitative estimate of drug-likeness (QED) is 0.720. The Hall–Kier alpha value is -2.48. The molecule has 0 amide bonds. The predicted octanol–water partition coefficient (Wildman–Crippen LogP) is 1.44. The number of anilines is 1. The Bertz CT molecular complexity index is 836. The predicted molar refractivity (Wildman–Crippen MR) is 88.8 cm³/mol. The molecule has 1 fully saturated rings. The molecule has 8 nitrogen and oxygen atoms in total. The molecule has 0 spiro atoms. The molecule has 1 atom stereocenters. The summed E-state index contributed by atoms with van der Waals surface area (Å²) in [5.74, 6) is 2.66. The van der Waals surface area contributed by atoms with E-state index in [1.807, 2.05) is 26.0 Å². The van der Waals surface area contributed by atoms with Crippen molar-refractivity contribution in [2.45, 2.75) is 33.4 Å². The molecule has 24 heavy (non-hydrogen) atoms. The molecule has 0 saturated carbocycles. The van der Waals surface area contributed by atoms with Crippen molar-refractivity contribution in [2.24, 2.45) is 0 Å². The van der Waals surface area contributed by atoms with Crippen LogP contribution in [0, 0.1) is 13.8 Å². The number of oxazole rings is 1. The van der Waals surface area contributed by atoms with Crippen molar-refractivity contribution in [3.8, 4) is 0 Å². The van der Waals surface area contributed by atoms with E-state index in [4.69, 9.17) is 4.42 Å². The number of nitrogens with zero attached hydrogens (tertiary/aromatic N) is 7. The van der Waals surface area contributed by atoms with Crippen LogP contribution in [-0.4, -0.2) is 55.4 Å². The fourth-order valence-corrected chi connectivity index (χ4v) is 3.19. The van der Waals surface area contributed by atoms with Gasteiger partial charge in [0, 0.05) is 25.7 Å². The lowest BCUT2D eigenvalue weighted by molar-refractivity contribution is 0.200. The van der Waals surface area contributed by atoms with Crippen molar-refractivity contribution in [1.82, 2.24) is 29.7 Å². The molecule has 1 saturated heterocycles. The first-order chi connectivity index (χ1) is 11.6. The van der Waals surface area contributed by atoms with E-state index in [2.05, 4.69) is 37.0 Å². The molecule has 0 aliphatic carbocycles. The second-order valence-corrected chi connectivity index (χ2v) is 6.35. The molecule has 4 rings (SSSR count). The molecule has 1 unspecified atom stereocenters. The van der Waals surface area contributed by atoms with Crippen molar-refractivity contribution in [2.75, 3.05) is 24.5 Å². The van der Waals surface area contributed by atoms with E-state index in [0.717, 1.165) is 55.0 Å². The zero-order chi connectivity index (χ0) is 16.7. The third-order valence-corrected chi connectivity index (χ3v) is 4.59. The smallest absolute Gasteiger partial charge is 0.208 e. The van der Waals surface area contributed by atoms with Crippen LogP contribution < -0.4 is 4.90 Å². The minimum Gasteiger partial charge on any atom is -0.444 e. The Morgan fingerprint density at radius 1 is 1.25 bits per heavy atom. The normalized spacial score (nSPS) is 19.3. The van der Waals surface area contributed by atoms with Gasteiger partial charge in [-0.05, 0) is 32.9 Å². The van der Waals surface area contributed by atoms with Gasteiger partial charge in [0.15, 0.2) is 5.65 Å². The van der Waals surface area contributed by atoms with Crippen LogP contribution in [0.5, 0.6) is 0 Å². The fourth-order valence-electron chi connectivity index (χ4n) is 3.19.